The average Bonchev–Trinajstić information content (AvgIpc) is 3.45. The molecule has 182 valence electrons. The molecule has 1 aromatic carbocycles. The second-order valence-electron chi connectivity index (χ2n) is 7.24. The van der Waals surface area contributed by atoms with Gasteiger partial charge in [-0.3, -0.25) is 34.3 Å². The number of benzene rings is 1. The van der Waals surface area contributed by atoms with Crippen molar-refractivity contribution in [3.8, 4) is 0 Å². The number of pyridine rings is 1. The van der Waals surface area contributed by atoms with E-state index in [1.807, 2.05) is 0 Å². The Morgan fingerprint density at radius 2 is 1.97 bits per heavy atom. The highest BCUT2D eigenvalue weighted by molar-refractivity contribution is 7.85. The number of carbonyl (C=O) groups is 2. The molecule has 2 amide bonds. The van der Waals surface area contributed by atoms with Crippen molar-refractivity contribution in [1.82, 2.24) is 4.98 Å². The fourth-order valence-corrected chi connectivity index (χ4v) is 4.86. The molecule has 0 saturated carbocycles. The monoisotopic (exact) mass is 535 g/mol. The number of amidine groups is 1. The van der Waals surface area contributed by atoms with Gasteiger partial charge in [0, 0.05) is 23.8 Å². The molecule has 0 spiro atoms. The van der Waals surface area contributed by atoms with Crippen LogP contribution in [-0.4, -0.2) is 54.8 Å². The van der Waals surface area contributed by atoms with Crippen molar-refractivity contribution in [1.29, 1.82) is 5.41 Å². The lowest BCUT2D eigenvalue weighted by atomic mass is 10.2. The number of hydrogen-bond donors (Lipinski definition) is 3. The minimum absolute atomic E-state index is 0.0219. The molecule has 1 saturated heterocycles. The van der Waals surface area contributed by atoms with E-state index >= 15 is 0 Å². The summed E-state index contributed by atoms with van der Waals surface area (Å²) in [5.74, 6) is -2.36. The molecule has 0 atom stereocenters. The molecule has 0 aliphatic carbocycles. The molecule has 1 aliphatic rings. The van der Waals surface area contributed by atoms with Crippen LogP contribution in [0, 0.1) is 5.41 Å². The Bertz CT molecular complexity index is 1390. The molecule has 0 unspecified atom stereocenters. The van der Waals surface area contributed by atoms with E-state index < -0.39 is 27.8 Å². The number of rotatable bonds is 7. The molecule has 4 rings (SSSR count). The van der Waals surface area contributed by atoms with E-state index in [1.54, 1.807) is 23.1 Å². The Balaban J connectivity index is 1.65. The molecule has 3 N–H and O–H groups in total. The minimum Gasteiger partial charge on any atom is -0.463 e. The van der Waals surface area contributed by atoms with Gasteiger partial charge in [0.1, 0.15) is 6.61 Å². The summed E-state index contributed by atoms with van der Waals surface area (Å²) >= 11 is 6.94. The number of anilines is 3. The number of hydrogen-bond acceptors (Lipinski definition) is 8. The minimum atomic E-state index is -4.62. The van der Waals surface area contributed by atoms with Gasteiger partial charge in [-0.15, -0.1) is 11.3 Å². The fraction of sp³-hybridized carbons (Fsp3) is 0.143. The lowest BCUT2D eigenvalue weighted by Crippen LogP contribution is -2.36. The molecule has 35 heavy (non-hydrogen) atoms. The van der Waals surface area contributed by atoms with Gasteiger partial charge in [0.2, 0.25) is 0 Å². The summed E-state index contributed by atoms with van der Waals surface area (Å²) in [5.41, 5.74) is 0.777. The van der Waals surface area contributed by atoms with Crippen LogP contribution in [0.3, 0.4) is 0 Å². The third-order valence-electron chi connectivity index (χ3n) is 4.91. The molecule has 3 aromatic rings. The van der Waals surface area contributed by atoms with Gasteiger partial charge in [0.15, 0.2) is 5.88 Å². The second kappa shape index (κ2) is 10.00. The van der Waals surface area contributed by atoms with Crippen LogP contribution in [0.15, 0.2) is 54.9 Å². The highest BCUT2D eigenvalue weighted by atomic mass is 35.5. The zero-order valence-electron chi connectivity index (χ0n) is 17.8. The van der Waals surface area contributed by atoms with Gasteiger partial charge in [0.05, 0.1) is 27.0 Å². The first-order valence-electron chi connectivity index (χ1n) is 9.99. The van der Waals surface area contributed by atoms with Crippen LogP contribution in [0.4, 0.5) is 17.1 Å². The van der Waals surface area contributed by atoms with Crippen molar-refractivity contribution in [2.24, 2.45) is 0 Å². The lowest BCUT2D eigenvalue weighted by Gasteiger charge is -2.23. The molecule has 1 aliphatic heterocycles. The number of aromatic nitrogens is 1. The van der Waals surface area contributed by atoms with Crippen LogP contribution in [0.5, 0.6) is 0 Å². The zero-order chi connectivity index (χ0) is 25.2. The highest BCUT2D eigenvalue weighted by Gasteiger charge is 2.27. The molecule has 0 radical (unpaired) electrons. The van der Waals surface area contributed by atoms with Gasteiger partial charge in [-0.2, -0.15) is 8.42 Å². The van der Waals surface area contributed by atoms with Crippen molar-refractivity contribution < 1.29 is 27.3 Å². The van der Waals surface area contributed by atoms with Gasteiger partial charge in [-0.25, -0.2) is 0 Å². The third-order valence-corrected chi connectivity index (χ3v) is 6.72. The zero-order valence-corrected chi connectivity index (χ0v) is 20.2. The summed E-state index contributed by atoms with van der Waals surface area (Å²) < 4.78 is 38.5. The SMILES string of the molecule is N=C1OCCN1c1ccc(N(CS(=O)(=O)O)C(=O)c2cnccc2NC(=O)c2ccc(Cl)s2)cc1. The smallest absolute Gasteiger partial charge is 0.289 e. The van der Waals surface area contributed by atoms with E-state index in [0.717, 1.165) is 16.2 Å². The van der Waals surface area contributed by atoms with Gasteiger partial charge >= 0.3 is 0 Å². The van der Waals surface area contributed by atoms with E-state index in [-0.39, 0.29) is 23.0 Å². The Hall–Kier alpha value is -3.52. The maximum Gasteiger partial charge on any atom is 0.289 e. The van der Waals surface area contributed by atoms with Gasteiger partial charge < -0.3 is 10.1 Å². The number of thiophene rings is 1. The van der Waals surface area contributed by atoms with Crippen LogP contribution < -0.4 is 15.1 Å². The molecular formula is C21H18ClN5O6S2. The van der Waals surface area contributed by atoms with Gasteiger partial charge in [0.25, 0.3) is 28.0 Å². The van der Waals surface area contributed by atoms with Crippen molar-refractivity contribution in [2.45, 2.75) is 0 Å². The van der Waals surface area contributed by atoms with Crippen molar-refractivity contribution in [2.75, 3.05) is 34.1 Å². The summed E-state index contributed by atoms with van der Waals surface area (Å²) in [5, 5.41) is 10.4. The van der Waals surface area contributed by atoms with E-state index in [4.69, 9.17) is 21.7 Å². The fourth-order valence-electron chi connectivity index (χ4n) is 3.33. The Morgan fingerprint density at radius 3 is 2.57 bits per heavy atom. The molecule has 3 heterocycles. The Labute approximate surface area is 209 Å². The van der Waals surface area contributed by atoms with Crippen LogP contribution in [0.1, 0.15) is 20.0 Å². The Morgan fingerprint density at radius 1 is 1.23 bits per heavy atom. The summed E-state index contributed by atoms with van der Waals surface area (Å²) in [7, 11) is -4.62. The highest BCUT2D eigenvalue weighted by Crippen LogP contribution is 2.27. The van der Waals surface area contributed by atoms with Crippen LogP contribution in [-0.2, 0) is 14.9 Å². The normalized spacial score (nSPS) is 13.4. The van der Waals surface area contributed by atoms with Crippen molar-refractivity contribution in [3.05, 3.63) is 69.6 Å². The first-order chi connectivity index (χ1) is 16.6. The molecule has 1 fully saturated rings. The first-order valence-corrected chi connectivity index (χ1v) is 12.8. The molecule has 0 bridgehead atoms. The second-order valence-corrected chi connectivity index (χ2v) is 10.4. The average molecular weight is 536 g/mol. The predicted molar refractivity (Wildman–Crippen MR) is 132 cm³/mol. The van der Waals surface area contributed by atoms with Crippen LogP contribution >= 0.6 is 22.9 Å². The number of ether oxygens (including phenoxy) is 1. The lowest BCUT2D eigenvalue weighted by molar-refractivity contribution is 0.0990. The predicted octanol–water partition coefficient (Wildman–Crippen LogP) is 3.31. The number of halogens is 1. The first kappa shape index (κ1) is 24.6. The van der Waals surface area contributed by atoms with E-state index in [0.29, 0.717) is 28.1 Å². The number of amides is 2. The van der Waals surface area contributed by atoms with Gasteiger partial charge in [-0.05, 0) is 42.5 Å². The van der Waals surface area contributed by atoms with Crippen LogP contribution in [0.2, 0.25) is 4.34 Å². The maximum absolute atomic E-state index is 13.4. The largest absolute Gasteiger partial charge is 0.463 e. The number of carbonyl (C=O) groups excluding carboxylic acids is 2. The Kier molecular flexibility index (Phi) is 7.03. The van der Waals surface area contributed by atoms with Crippen molar-refractivity contribution >= 4 is 68.0 Å². The van der Waals surface area contributed by atoms with Crippen molar-refractivity contribution in [3.63, 3.8) is 0 Å². The maximum atomic E-state index is 13.4. The summed E-state index contributed by atoms with van der Waals surface area (Å²) in [6.45, 7) is 0.834. The van der Waals surface area contributed by atoms with E-state index in [1.165, 1.54) is 36.7 Å². The molecule has 2 aromatic heterocycles. The van der Waals surface area contributed by atoms with E-state index in [2.05, 4.69) is 10.3 Å². The summed E-state index contributed by atoms with van der Waals surface area (Å²) in [6.07, 6.45) is 2.55. The summed E-state index contributed by atoms with van der Waals surface area (Å²) in [4.78, 5) is 32.7. The quantitative estimate of drug-likeness (QED) is 0.389. The summed E-state index contributed by atoms with van der Waals surface area (Å²) in [6, 6.07) is 10.6. The standard InChI is InChI=1S/C21H18ClN5O6S2/c22-18-6-5-17(34-18)19(28)25-16-7-8-24-11-15(16)20(29)27(12-35(30,31)32)14-3-1-13(2-4-14)26-9-10-33-21(26)23/h1-8,11,23H,9-10,12H2,(H,24,25,28)(H,30,31,32). The van der Waals surface area contributed by atoms with Crippen LogP contribution in [0.25, 0.3) is 0 Å². The molecule has 14 heteroatoms. The third kappa shape index (κ3) is 5.77. The number of nitrogens with zero attached hydrogens (tertiary/aromatic N) is 3. The van der Waals surface area contributed by atoms with E-state index in [9.17, 15) is 22.6 Å². The van der Waals surface area contributed by atoms with Gasteiger partial charge in [-0.1, -0.05) is 11.6 Å². The molecular weight excluding hydrogens is 518 g/mol. The number of nitrogens with one attached hydrogen (secondary N) is 2. The topological polar surface area (TPSA) is 153 Å². The molecule has 11 nitrogen and oxygen atoms in total.